The number of hydrogen-bond acceptors (Lipinski definition) is 4. The first-order valence-electron chi connectivity index (χ1n) is 7.61. The van der Waals surface area contributed by atoms with Gasteiger partial charge >= 0.3 is 0 Å². The molecule has 2 heterocycles. The monoisotopic (exact) mass is 374 g/mol. The van der Waals surface area contributed by atoms with E-state index in [4.69, 9.17) is 28.0 Å². The van der Waals surface area contributed by atoms with Crippen molar-refractivity contribution in [1.29, 1.82) is 0 Å². The first-order chi connectivity index (χ1) is 12.0. The van der Waals surface area contributed by atoms with Crippen LogP contribution in [0.2, 0.25) is 10.0 Å². The molecule has 0 saturated carbocycles. The van der Waals surface area contributed by atoms with Crippen LogP contribution >= 0.6 is 23.2 Å². The predicted molar refractivity (Wildman–Crippen MR) is 95.0 cm³/mol. The Morgan fingerprint density at radius 3 is 2.60 bits per heavy atom. The van der Waals surface area contributed by atoms with Crippen molar-refractivity contribution < 1.29 is 14.4 Å². The third-order valence-corrected chi connectivity index (χ3v) is 4.94. The van der Waals surface area contributed by atoms with Crippen LogP contribution in [0, 0.1) is 12.8 Å². The van der Waals surface area contributed by atoms with Gasteiger partial charge in [-0.25, -0.2) is 4.90 Å². The quantitative estimate of drug-likeness (QED) is 0.754. The minimum atomic E-state index is -0.975. The van der Waals surface area contributed by atoms with E-state index in [0.29, 0.717) is 27.0 Å². The molecule has 0 N–H and O–H groups in total. The van der Waals surface area contributed by atoms with Gasteiger partial charge in [0, 0.05) is 15.6 Å². The summed E-state index contributed by atoms with van der Waals surface area (Å²) in [7, 11) is 0. The van der Waals surface area contributed by atoms with Crippen LogP contribution in [0.1, 0.15) is 11.1 Å². The highest BCUT2D eigenvalue weighted by atomic mass is 35.5. The first kappa shape index (κ1) is 16.1. The molecular formula is C18H12Cl2N2O3. The first-order valence-corrected chi connectivity index (χ1v) is 8.37. The van der Waals surface area contributed by atoms with E-state index in [1.54, 1.807) is 42.5 Å². The number of carbonyl (C=O) groups excluding carboxylic acids is 2. The van der Waals surface area contributed by atoms with E-state index in [0.717, 1.165) is 10.5 Å². The van der Waals surface area contributed by atoms with Crippen LogP contribution in [0.4, 0.5) is 5.69 Å². The third kappa shape index (κ3) is 2.42. The zero-order valence-electron chi connectivity index (χ0n) is 13.1. The van der Waals surface area contributed by atoms with E-state index < -0.39 is 23.8 Å². The van der Waals surface area contributed by atoms with Gasteiger partial charge in [0.1, 0.15) is 11.6 Å². The maximum Gasteiger partial charge on any atom is 0.278 e. The zero-order valence-corrected chi connectivity index (χ0v) is 14.6. The van der Waals surface area contributed by atoms with Gasteiger partial charge in [-0.15, -0.1) is 0 Å². The number of aryl methyl sites for hydroxylation is 1. The molecule has 1 saturated heterocycles. The lowest BCUT2D eigenvalue weighted by molar-refractivity contribution is -0.126. The maximum atomic E-state index is 13.0. The summed E-state index contributed by atoms with van der Waals surface area (Å²) in [6, 6.07) is 12.1. The zero-order chi connectivity index (χ0) is 17.7. The van der Waals surface area contributed by atoms with Gasteiger partial charge in [-0.2, -0.15) is 0 Å². The molecule has 2 aromatic carbocycles. The van der Waals surface area contributed by atoms with Crippen molar-refractivity contribution in [2.75, 3.05) is 4.90 Å². The molecule has 5 nitrogen and oxygen atoms in total. The molecule has 0 aliphatic carbocycles. The molecule has 2 aliphatic heterocycles. The summed E-state index contributed by atoms with van der Waals surface area (Å²) >= 11 is 12.2. The minimum Gasteiger partial charge on any atom is -0.381 e. The van der Waals surface area contributed by atoms with Crippen molar-refractivity contribution in [3.05, 3.63) is 63.6 Å². The minimum absolute atomic E-state index is 0.371. The van der Waals surface area contributed by atoms with E-state index in [9.17, 15) is 9.59 Å². The number of halogens is 2. The molecule has 4 rings (SSSR count). The molecule has 7 heteroatoms. The van der Waals surface area contributed by atoms with Gasteiger partial charge in [-0.05, 0) is 30.7 Å². The average Bonchev–Trinajstić information content (AvgIpc) is 3.12. The smallest absolute Gasteiger partial charge is 0.278 e. The number of amides is 2. The molecule has 25 heavy (non-hydrogen) atoms. The maximum absolute atomic E-state index is 13.0. The number of hydrogen-bond donors (Lipinski definition) is 0. The Balaban J connectivity index is 1.77. The molecular weight excluding hydrogens is 363 g/mol. The SMILES string of the molecule is Cc1ccc(Cl)cc1N1C(=O)[C@H]2C(c3ccccc3Cl)=NO[C@@H]2C1=O. The number of anilines is 1. The topological polar surface area (TPSA) is 59.0 Å². The van der Waals surface area contributed by atoms with Gasteiger partial charge in [0.05, 0.1) is 5.69 Å². The van der Waals surface area contributed by atoms with E-state index in [2.05, 4.69) is 5.16 Å². The number of rotatable bonds is 2. The number of oxime groups is 1. The second kappa shape index (κ2) is 5.86. The molecule has 0 aromatic heterocycles. The number of nitrogens with zero attached hydrogens (tertiary/aromatic N) is 2. The summed E-state index contributed by atoms with van der Waals surface area (Å²) in [5, 5.41) is 4.85. The molecule has 1 fully saturated rings. The number of benzene rings is 2. The lowest BCUT2D eigenvalue weighted by atomic mass is 9.94. The van der Waals surface area contributed by atoms with Gasteiger partial charge in [0.15, 0.2) is 0 Å². The second-order valence-electron chi connectivity index (χ2n) is 5.90. The second-order valence-corrected chi connectivity index (χ2v) is 6.75. The fourth-order valence-corrected chi connectivity index (χ4v) is 3.53. The number of fused-ring (bicyclic) bond motifs is 1. The van der Waals surface area contributed by atoms with Crippen molar-refractivity contribution in [1.82, 2.24) is 0 Å². The van der Waals surface area contributed by atoms with Crippen molar-refractivity contribution in [2.24, 2.45) is 11.1 Å². The molecule has 2 amide bonds. The molecule has 126 valence electrons. The summed E-state index contributed by atoms with van der Waals surface area (Å²) in [6.07, 6.45) is -0.975. The van der Waals surface area contributed by atoms with E-state index in [1.807, 2.05) is 6.92 Å². The van der Waals surface area contributed by atoms with Crippen LogP contribution in [0.3, 0.4) is 0 Å². The van der Waals surface area contributed by atoms with Gasteiger partial charge < -0.3 is 4.84 Å². The van der Waals surface area contributed by atoms with Crippen LogP contribution in [0.25, 0.3) is 0 Å². The molecule has 0 radical (unpaired) electrons. The van der Waals surface area contributed by atoms with Gasteiger partial charge in [0.25, 0.3) is 5.91 Å². The summed E-state index contributed by atoms with van der Waals surface area (Å²) in [5.74, 6) is -1.66. The van der Waals surface area contributed by atoms with Crippen LogP contribution in [0.15, 0.2) is 47.6 Å². The molecule has 0 spiro atoms. The van der Waals surface area contributed by atoms with Gasteiger partial charge in [-0.3, -0.25) is 9.59 Å². The Morgan fingerprint density at radius 2 is 1.84 bits per heavy atom. The Bertz CT molecular complexity index is 942. The normalized spacial score (nSPS) is 22.0. The van der Waals surface area contributed by atoms with E-state index in [1.165, 1.54) is 0 Å². The van der Waals surface area contributed by atoms with E-state index in [-0.39, 0.29) is 0 Å². The third-order valence-electron chi connectivity index (χ3n) is 4.37. The average molecular weight is 375 g/mol. The number of carbonyl (C=O) groups is 2. The van der Waals surface area contributed by atoms with Crippen molar-refractivity contribution in [3.63, 3.8) is 0 Å². The molecule has 0 unspecified atom stereocenters. The fourth-order valence-electron chi connectivity index (χ4n) is 3.13. The summed E-state index contributed by atoms with van der Waals surface area (Å²) in [6.45, 7) is 1.81. The molecule has 0 bridgehead atoms. The highest BCUT2D eigenvalue weighted by Gasteiger charge is 2.56. The molecule has 2 atom stereocenters. The lowest BCUT2D eigenvalue weighted by Crippen LogP contribution is -2.33. The lowest BCUT2D eigenvalue weighted by Gasteiger charge is -2.18. The summed E-state index contributed by atoms with van der Waals surface area (Å²) in [4.78, 5) is 32.2. The highest BCUT2D eigenvalue weighted by molar-refractivity contribution is 6.38. The molecule has 2 aromatic rings. The Hall–Kier alpha value is -2.37. The summed E-state index contributed by atoms with van der Waals surface area (Å²) in [5.41, 5.74) is 2.18. The largest absolute Gasteiger partial charge is 0.381 e. The van der Waals surface area contributed by atoms with Gasteiger partial charge in [-0.1, -0.05) is 52.6 Å². The van der Waals surface area contributed by atoms with Crippen molar-refractivity contribution in [2.45, 2.75) is 13.0 Å². The van der Waals surface area contributed by atoms with Crippen LogP contribution in [0.5, 0.6) is 0 Å². The number of imide groups is 1. The Labute approximate surface area is 153 Å². The van der Waals surface area contributed by atoms with Crippen molar-refractivity contribution in [3.8, 4) is 0 Å². The van der Waals surface area contributed by atoms with Crippen LogP contribution in [-0.2, 0) is 14.4 Å². The van der Waals surface area contributed by atoms with Crippen LogP contribution < -0.4 is 4.90 Å². The highest BCUT2D eigenvalue weighted by Crippen LogP contribution is 2.38. The van der Waals surface area contributed by atoms with Crippen molar-refractivity contribution >= 4 is 46.4 Å². The Morgan fingerprint density at radius 1 is 1.08 bits per heavy atom. The predicted octanol–water partition coefficient (Wildman–Crippen LogP) is 3.59. The van der Waals surface area contributed by atoms with E-state index >= 15 is 0 Å². The fraction of sp³-hybridized carbons (Fsp3) is 0.167. The molecule has 2 aliphatic rings. The van der Waals surface area contributed by atoms with Crippen LogP contribution in [-0.4, -0.2) is 23.6 Å². The standard InChI is InChI=1S/C18H12Cl2N2O3/c1-9-6-7-10(19)8-13(9)22-17(23)14-15(21-25-16(14)18(22)24)11-4-2-3-5-12(11)20/h2-8,14,16H,1H3/t14-,16-/m0/s1. The van der Waals surface area contributed by atoms with Gasteiger partial charge in [0.2, 0.25) is 12.0 Å². The summed E-state index contributed by atoms with van der Waals surface area (Å²) < 4.78 is 0. The Kier molecular flexibility index (Phi) is 3.78.